The number of nitrogens with one attached hydrogen (secondary N) is 2. The molecule has 0 aliphatic rings. The predicted octanol–water partition coefficient (Wildman–Crippen LogP) is 0.751. The maximum absolute atomic E-state index is 12.1. The molecule has 0 aromatic heterocycles. The van der Waals surface area contributed by atoms with Crippen molar-refractivity contribution in [3.63, 3.8) is 0 Å². The fourth-order valence-corrected chi connectivity index (χ4v) is 1.67. The quantitative estimate of drug-likeness (QED) is 0.327. The zero-order valence-electron chi connectivity index (χ0n) is 13.2. The number of nitrogens with zero attached hydrogens (tertiary/aromatic N) is 1. The zero-order valence-corrected chi connectivity index (χ0v) is 13.2. The van der Waals surface area contributed by atoms with Crippen LogP contribution in [0.3, 0.4) is 0 Å². The summed E-state index contributed by atoms with van der Waals surface area (Å²) in [7, 11) is 0. The molecule has 0 saturated carbocycles. The highest BCUT2D eigenvalue weighted by molar-refractivity contribution is 6.01. The van der Waals surface area contributed by atoms with E-state index < -0.39 is 22.7 Å². The minimum atomic E-state index is -0.684. The SMILES string of the molecule is CCOC(=O)CNC(=O)C(=Cc1ccc([N+](=O)[O-])cc1)NC(C)=O. The molecular formula is C15H17N3O6. The predicted molar refractivity (Wildman–Crippen MR) is 84.5 cm³/mol. The molecular weight excluding hydrogens is 318 g/mol. The monoisotopic (exact) mass is 335 g/mol. The van der Waals surface area contributed by atoms with E-state index in [1.807, 2.05) is 0 Å². The van der Waals surface area contributed by atoms with E-state index in [0.717, 1.165) is 0 Å². The average Bonchev–Trinajstić information content (AvgIpc) is 2.52. The molecule has 0 heterocycles. The van der Waals surface area contributed by atoms with E-state index >= 15 is 0 Å². The number of nitro groups is 1. The Labute approximate surface area is 137 Å². The van der Waals surface area contributed by atoms with Crippen molar-refractivity contribution in [1.82, 2.24) is 10.6 Å². The number of nitro benzene ring substituents is 1. The van der Waals surface area contributed by atoms with Crippen molar-refractivity contribution in [2.45, 2.75) is 13.8 Å². The van der Waals surface area contributed by atoms with Crippen molar-refractivity contribution >= 4 is 29.5 Å². The normalized spacial score (nSPS) is 10.7. The van der Waals surface area contributed by atoms with Crippen LogP contribution in [-0.4, -0.2) is 35.9 Å². The van der Waals surface area contributed by atoms with Crippen molar-refractivity contribution < 1.29 is 24.0 Å². The van der Waals surface area contributed by atoms with Gasteiger partial charge in [-0.1, -0.05) is 0 Å². The molecule has 0 unspecified atom stereocenters. The molecule has 1 rings (SSSR count). The van der Waals surface area contributed by atoms with Crippen molar-refractivity contribution in [3.8, 4) is 0 Å². The highest BCUT2D eigenvalue weighted by Gasteiger charge is 2.13. The molecule has 2 N–H and O–H groups in total. The molecule has 9 nitrogen and oxygen atoms in total. The van der Waals surface area contributed by atoms with Crippen molar-refractivity contribution in [1.29, 1.82) is 0 Å². The van der Waals surface area contributed by atoms with Crippen molar-refractivity contribution in [2.75, 3.05) is 13.2 Å². The summed E-state index contributed by atoms with van der Waals surface area (Å²) in [6.07, 6.45) is 1.34. The standard InChI is InChI=1S/C15H17N3O6/c1-3-24-14(20)9-16-15(21)13(17-10(2)19)8-11-4-6-12(7-5-11)18(22)23/h4-8H,3,9H2,1-2H3,(H,16,21)(H,17,19). The van der Waals surface area contributed by atoms with Crippen LogP contribution in [0.4, 0.5) is 5.69 Å². The molecule has 24 heavy (non-hydrogen) atoms. The van der Waals surface area contributed by atoms with Gasteiger partial charge in [0.1, 0.15) is 12.2 Å². The molecule has 0 spiro atoms. The van der Waals surface area contributed by atoms with Crippen molar-refractivity contribution in [3.05, 3.63) is 45.6 Å². The molecule has 1 aromatic rings. The van der Waals surface area contributed by atoms with Gasteiger partial charge in [-0.05, 0) is 30.7 Å². The second-order valence-electron chi connectivity index (χ2n) is 4.58. The fourth-order valence-electron chi connectivity index (χ4n) is 1.67. The minimum Gasteiger partial charge on any atom is -0.465 e. The summed E-state index contributed by atoms with van der Waals surface area (Å²) in [6, 6.07) is 5.40. The van der Waals surface area contributed by atoms with E-state index in [1.54, 1.807) is 6.92 Å². The van der Waals surface area contributed by atoms with E-state index in [0.29, 0.717) is 5.56 Å². The molecule has 128 valence electrons. The molecule has 0 saturated heterocycles. The Morgan fingerprint density at radius 3 is 2.38 bits per heavy atom. The van der Waals surface area contributed by atoms with E-state index in [9.17, 15) is 24.5 Å². The van der Waals surface area contributed by atoms with E-state index in [2.05, 4.69) is 15.4 Å². The zero-order chi connectivity index (χ0) is 18.1. The summed E-state index contributed by atoms with van der Waals surface area (Å²) < 4.78 is 4.68. The van der Waals surface area contributed by atoms with Crippen LogP contribution in [0.25, 0.3) is 6.08 Å². The first-order valence-corrected chi connectivity index (χ1v) is 7.01. The van der Waals surface area contributed by atoms with Gasteiger partial charge in [0, 0.05) is 19.1 Å². The topological polar surface area (TPSA) is 128 Å². The summed E-state index contributed by atoms with van der Waals surface area (Å²) >= 11 is 0. The number of carbonyl (C=O) groups is 3. The van der Waals surface area contributed by atoms with Gasteiger partial charge in [-0.25, -0.2) is 0 Å². The second kappa shape index (κ2) is 9.03. The Morgan fingerprint density at radius 2 is 1.88 bits per heavy atom. The first kappa shape index (κ1) is 18.8. The maximum atomic E-state index is 12.1. The fraction of sp³-hybridized carbons (Fsp3) is 0.267. The average molecular weight is 335 g/mol. The summed E-state index contributed by atoms with van der Waals surface area (Å²) in [4.78, 5) is 44.6. The van der Waals surface area contributed by atoms with Gasteiger partial charge < -0.3 is 15.4 Å². The molecule has 1 aromatic carbocycles. The summed E-state index contributed by atoms with van der Waals surface area (Å²) in [5, 5.41) is 15.3. The van der Waals surface area contributed by atoms with Gasteiger partial charge in [0.2, 0.25) is 5.91 Å². The maximum Gasteiger partial charge on any atom is 0.325 e. The number of esters is 1. The van der Waals surface area contributed by atoms with Crippen molar-refractivity contribution in [2.24, 2.45) is 0 Å². The van der Waals surface area contributed by atoms with Crippen LogP contribution in [-0.2, 0) is 19.1 Å². The summed E-state index contributed by atoms with van der Waals surface area (Å²) in [5.41, 5.74) is 0.274. The third-order valence-electron chi connectivity index (χ3n) is 2.67. The van der Waals surface area contributed by atoms with E-state index in [-0.39, 0.29) is 24.5 Å². The number of ether oxygens (including phenoxy) is 1. The third kappa shape index (κ3) is 6.26. The van der Waals surface area contributed by atoms with Crippen LogP contribution >= 0.6 is 0 Å². The molecule has 0 atom stereocenters. The smallest absolute Gasteiger partial charge is 0.325 e. The highest BCUT2D eigenvalue weighted by atomic mass is 16.6. The second-order valence-corrected chi connectivity index (χ2v) is 4.58. The number of non-ortho nitro benzene ring substituents is 1. The number of rotatable bonds is 7. The number of hydrogen-bond acceptors (Lipinski definition) is 6. The lowest BCUT2D eigenvalue weighted by molar-refractivity contribution is -0.384. The van der Waals surface area contributed by atoms with E-state index in [1.165, 1.54) is 37.3 Å². The van der Waals surface area contributed by atoms with Crippen LogP contribution < -0.4 is 10.6 Å². The van der Waals surface area contributed by atoms with Gasteiger partial charge in [0.25, 0.3) is 11.6 Å². The summed E-state index contributed by atoms with van der Waals surface area (Å²) in [5.74, 6) is -1.77. The van der Waals surface area contributed by atoms with Gasteiger partial charge in [-0.2, -0.15) is 0 Å². The largest absolute Gasteiger partial charge is 0.465 e. The molecule has 9 heteroatoms. The lowest BCUT2D eigenvalue weighted by Gasteiger charge is -2.09. The van der Waals surface area contributed by atoms with Crippen LogP contribution in [0.1, 0.15) is 19.4 Å². The van der Waals surface area contributed by atoms with Gasteiger partial charge in [-0.3, -0.25) is 24.5 Å². The lowest BCUT2D eigenvalue weighted by atomic mass is 10.1. The number of amides is 2. The van der Waals surface area contributed by atoms with Gasteiger partial charge in [0.05, 0.1) is 11.5 Å². The van der Waals surface area contributed by atoms with Crippen LogP contribution in [0.2, 0.25) is 0 Å². The Balaban J connectivity index is 2.90. The summed E-state index contributed by atoms with van der Waals surface area (Å²) in [6.45, 7) is 2.70. The Kier molecular flexibility index (Phi) is 7.08. The van der Waals surface area contributed by atoms with Gasteiger partial charge in [0.15, 0.2) is 0 Å². The highest BCUT2D eigenvalue weighted by Crippen LogP contribution is 2.14. The minimum absolute atomic E-state index is 0.0966. The molecule has 0 radical (unpaired) electrons. The van der Waals surface area contributed by atoms with Crippen LogP contribution in [0.15, 0.2) is 30.0 Å². The van der Waals surface area contributed by atoms with Crippen LogP contribution in [0.5, 0.6) is 0 Å². The molecule has 0 bridgehead atoms. The Morgan fingerprint density at radius 1 is 1.25 bits per heavy atom. The van der Waals surface area contributed by atoms with Crippen LogP contribution in [0, 0.1) is 10.1 Å². The first-order chi connectivity index (χ1) is 11.3. The number of benzene rings is 1. The molecule has 0 fully saturated rings. The van der Waals surface area contributed by atoms with Gasteiger partial charge >= 0.3 is 5.97 Å². The lowest BCUT2D eigenvalue weighted by Crippen LogP contribution is -2.37. The molecule has 0 aliphatic heterocycles. The third-order valence-corrected chi connectivity index (χ3v) is 2.67. The molecule has 2 amide bonds. The number of carbonyl (C=O) groups excluding carboxylic acids is 3. The molecule has 0 aliphatic carbocycles. The number of hydrogen-bond donors (Lipinski definition) is 2. The first-order valence-electron chi connectivity index (χ1n) is 7.01. The van der Waals surface area contributed by atoms with Gasteiger partial charge in [-0.15, -0.1) is 0 Å². The Hall–Kier alpha value is -3.23. The Bertz CT molecular complexity index is 666. The van der Waals surface area contributed by atoms with E-state index in [4.69, 9.17) is 0 Å².